The Kier molecular flexibility index (Phi) is 4.69. The molecule has 0 aliphatic rings. The van der Waals surface area contributed by atoms with Crippen molar-refractivity contribution in [2.45, 2.75) is 45.7 Å². The van der Waals surface area contributed by atoms with E-state index in [1.807, 2.05) is 24.6 Å². The summed E-state index contributed by atoms with van der Waals surface area (Å²) in [6, 6.07) is 1.91. The quantitative estimate of drug-likeness (QED) is 0.755. The van der Waals surface area contributed by atoms with Crippen LogP contribution in [0.15, 0.2) is 12.3 Å². The first kappa shape index (κ1) is 13.7. The molecule has 1 atom stereocenters. The number of hydrogen-bond acceptors (Lipinski definition) is 3. The van der Waals surface area contributed by atoms with Crippen LogP contribution in [0.5, 0.6) is 0 Å². The van der Waals surface area contributed by atoms with Crippen LogP contribution in [0.2, 0.25) is 0 Å². The van der Waals surface area contributed by atoms with Crippen LogP contribution in [0.1, 0.15) is 32.4 Å². The molecule has 1 aromatic heterocycles. The molecule has 0 radical (unpaired) electrons. The number of aromatic nitrogens is 2. The van der Waals surface area contributed by atoms with Gasteiger partial charge in [-0.1, -0.05) is 6.92 Å². The van der Waals surface area contributed by atoms with Crippen LogP contribution < -0.4 is 5.32 Å². The molecule has 0 aliphatic heterocycles. The molecule has 0 saturated heterocycles. The fourth-order valence-corrected chi connectivity index (χ4v) is 1.63. The second-order valence-corrected chi connectivity index (χ2v) is 4.51. The Morgan fingerprint density at radius 2 is 2.35 bits per heavy atom. The van der Waals surface area contributed by atoms with Crippen LogP contribution in [-0.2, 0) is 11.3 Å². The van der Waals surface area contributed by atoms with Gasteiger partial charge >= 0.3 is 5.97 Å². The van der Waals surface area contributed by atoms with Gasteiger partial charge in [-0.25, -0.2) is 0 Å². The van der Waals surface area contributed by atoms with Crippen LogP contribution in [0.25, 0.3) is 0 Å². The number of aryl methyl sites for hydroxylation is 2. The van der Waals surface area contributed by atoms with Crippen LogP contribution in [0.3, 0.4) is 0 Å². The topological polar surface area (TPSA) is 67.2 Å². The van der Waals surface area contributed by atoms with Crippen molar-refractivity contribution in [3.05, 3.63) is 18.0 Å². The minimum atomic E-state index is -0.881. The summed E-state index contributed by atoms with van der Waals surface area (Å²) in [6.07, 6.45) is 3.17. The third kappa shape index (κ3) is 3.56. The molecule has 0 aliphatic carbocycles. The van der Waals surface area contributed by atoms with Crippen LogP contribution >= 0.6 is 0 Å². The largest absolute Gasteiger partial charge is 0.480 e. The van der Waals surface area contributed by atoms with E-state index in [0.717, 1.165) is 12.1 Å². The van der Waals surface area contributed by atoms with Gasteiger partial charge < -0.3 is 10.4 Å². The molecule has 0 bridgehead atoms. The van der Waals surface area contributed by atoms with E-state index in [2.05, 4.69) is 10.4 Å². The van der Waals surface area contributed by atoms with Crippen molar-refractivity contribution in [1.82, 2.24) is 15.1 Å². The van der Waals surface area contributed by atoms with Crippen LogP contribution in [-0.4, -0.2) is 32.9 Å². The monoisotopic (exact) mass is 239 g/mol. The lowest BCUT2D eigenvalue weighted by Gasteiger charge is -2.26. The standard InChI is InChI=1S/C12H21N3O2/c1-4-7-13-12(3,11(16)17)6-9-15-10(2)5-8-14-15/h5,8,13H,4,6-7,9H2,1-3H3,(H,16,17). The fourth-order valence-electron chi connectivity index (χ4n) is 1.63. The van der Waals surface area contributed by atoms with Gasteiger partial charge in [0.1, 0.15) is 5.54 Å². The molecule has 1 unspecified atom stereocenters. The van der Waals surface area contributed by atoms with E-state index in [-0.39, 0.29) is 0 Å². The maximum absolute atomic E-state index is 11.3. The Labute approximate surface area is 102 Å². The van der Waals surface area contributed by atoms with Gasteiger partial charge in [0, 0.05) is 18.4 Å². The van der Waals surface area contributed by atoms with Crippen molar-refractivity contribution < 1.29 is 9.90 Å². The lowest BCUT2D eigenvalue weighted by atomic mass is 9.98. The molecule has 0 amide bonds. The number of carboxylic acid groups (broad SMARTS) is 1. The molecule has 1 heterocycles. The average molecular weight is 239 g/mol. The van der Waals surface area contributed by atoms with Crippen molar-refractivity contribution in [2.24, 2.45) is 0 Å². The Morgan fingerprint density at radius 1 is 1.65 bits per heavy atom. The van der Waals surface area contributed by atoms with Gasteiger partial charge in [-0.15, -0.1) is 0 Å². The Morgan fingerprint density at radius 3 is 2.82 bits per heavy atom. The highest BCUT2D eigenvalue weighted by Gasteiger charge is 2.31. The summed E-state index contributed by atoms with van der Waals surface area (Å²) in [7, 11) is 0. The first-order chi connectivity index (χ1) is 7.99. The number of rotatable bonds is 7. The predicted molar refractivity (Wildman–Crippen MR) is 65.9 cm³/mol. The van der Waals surface area contributed by atoms with Gasteiger partial charge in [0.2, 0.25) is 0 Å². The van der Waals surface area contributed by atoms with Gasteiger partial charge in [0.15, 0.2) is 0 Å². The van der Waals surface area contributed by atoms with E-state index in [9.17, 15) is 9.90 Å². The van der Waals surface area contributed by atoms with E-state index in [4.69, 9.17) is 0 Å². The molecule has 0 spiro atoms. The Hall–Kier alpha value is -1.36. The first-order valence-corrected chi connectivity index (χ1v) is 5.96. The molecule has 5 heteroatoms. The molecule has 0 aromatic carbocycles. The SMILES string of the molecule is CCCNC(C)(CCn1nccc1C)C(=O)O. The van der Waals surface area contributed by atoms with Crippen molar-refractivity contribution in [3.8, 4) is 0 Å². The minimum Gasteiger partial charge on any atom is -0.480 e. The zero-order valence-electron chi connectivity index (χ0n) is 10.7. The minimum absolute atomic E-state index is 0.519. The maximum atomic E-state index is 11.3. The van der Waals surface area contributed by atoms with E-state index in [1.54, 1.807) is 13.1 Å². The van der Waals surface area contributed by atoms with Gasteiger partial charge in [-0.05, 0) is 39.3 Å². The zero-order chi connectivity index (χ0) is 12.9. The highest BCUT2D eigenvalue weighted by Crippen LogP contribution is 2.12. The van der Waals surface area contributed by atoms with Gasteiger partial charge in [0.05, 0.1) is 0 Å². The normalized spacial score (nSPS) is 14.5. The smallest absolute Gasteiger partial charge is 0.323 e. The third-order valence-electron chi connectivity index (χ3n) is 2.99. The summed E-state index contributed by atoms with van der Waals surface area (Å²) in [4.78, 5) is 11.3. The van der Waals surface area contributed by atoms with Gasteiger partial charge in [0.25, 0.3) is 0 Å². The van der Waals surface area contributed by atoms with Crippen molar-refractivity contribution in [1.29, 1.82) is 0 Å². The molecule has 2 N–H and O–H groups in total. The number of carboxylic acids is 1. The van der Waals surface area contributed by atoms with Gasteiger partial charge in [-0.2, -0.15) is 5.10 Å². The molecule has 5 nitrogen and oxygen atoms in total. The second kappa shape index (κ2) is 5.82. The molecular weight excluding hydrogens is 218 g/mol. The fraction of sp³-hybridized carbons (Fsp3) is 0.667. The molecule has 1 rings (SSSR count). The predicted octanol–water partition coefficient (Wildman–Crippen LogP) is 1.42. The van der Waals surface area contributed by atoms with E-state index >= 15 is 0 Å². The lowest BCUT2D eigenvalue weighted by molar-refractivity contribution is -0.144. The average Bonchev–Trinajstić information content (AvgIpc) is 2.69. The van der Waals surface area contributed by atoms with E-state index < -0.39 is 11.5 Å². The van der Waals surface area contributed by atoms with Gasteiger partial charge in [-0.3, -0.25) is 9.48 Å². The summed E-state index contributed by atoms with van der Waals surface area (Å²) < 4.78 is 1.83. The molecule has 1 aromatic rings. The molecule has 0 fully saturated rings. The number of hydrogen-bond donors (Lipinski definition) is 2. The highest BCUT2D eigenvalue weighted by atomic mass is 16.4. The Balaban J connectivity index is 2.61. The van der Waals surface area contributed by atoms with E-state index in [0.29, 0.717) is 19.5 Å². The summed E-state index contributed by atoms with van der Waals surface area (Å²) in [5.74, 6) is -0.809. The summed E-state index contributed by atoms with van der Waals surface area (Å²) in [5.41, 5.74) is 0.169. The molecule has 0 saturated carbocycles. The highest BCUT2D eigenvalue weighted by molar-refractivity contribution is 5.78. The Bertz CT molecular complexity index is 376. The number of carbonyl (C=O) groups is 1. The number of nitrogens with one attached hydrogen (secondary N) is 1. The van der Waals surface area contributed by atoms with Crippen molar-refractivity contribution in [2.75, 3.05) is 6.54 Å². The molecule has 17 heavy (non-hydrogen) atoms. The second-order valence-electron chi connectivity index (χ2n) is 4.51. The maximum Gasteiger partial charge on any atom is 0.323 e. The van der Waals surface area contributed by atoms with Crippen molar-refractivity contribution in [3.63, 3.8) is 0 Å². The lowest BCUT2D eigenvalue weighted by Crippen LogP contribution is -2.50. The van der Waals surface area contributed by atoms with E-state index in [1.165, 1.54) is 0 Å². The summed E-state index contributed by atoms with van der Waals surface area (Å²) in [6.45, 7) is 7.03. The summed E-state index contributed by atoms with van der Waals surface area (Å²) >= 11 is 0. The number of aliphatic carboxylic acids is 1. The van der Waals surface area contributed by atoms with Crippen molar-refractivity contribution >= 4 is 5.97 Å². The molecular formula is C12H21N3O2. The zero-order valence-corrected chi connectivity index (χ0v) is 10.7. The molecule has 96 valence electrons. The summed E-state index contributed by atoms with van der Waals surface area (Å²) in [5, 5.41) is 16.5. The number of nitrogens with zero attached hydrogens (tertiary/aromatic N) is 2. The van der Waals surface area contributed by atoms with Crippen LogP contribution in [0, 0.1) is 6.92 Å². The third-order valence-corrected chi connectivity index (χ3v) is 2.99. The van der Waals surface area contributed by atoms with Crippen LogP contribution in [0.4, 0.5) is 0 Å². The first-order valence-electron chi connectivity index (χ1n) is 5.96.